The number of carbonyl (C=O) groups is 1. The molecule has 0 saturated heterocycles. The summed E-state index contributed by atoms with van der Waals surface area (Å²) in [5.74, 6) is -0.906. The Morgan fingerprint density at radius 3 is 2.58 bits per heavy atom. The SMILES string of the molecule is O=C(O)c1ccc(Cn2ncc3ccccc32)cc1. The minimum atomic E-state index is -0.906. The second-order valence-electron chi connectivity index (χ2n) is 4.36. The van der Waals surface area contributed by atoms with E-state index in [1.54, 1.807) is 12.1 Å². The van der Waals surface area contributed by atoms with Gasteiger partial charge in [0.1, 0.15) is 0 Å². The Balaban J connectivity index is 1.90. The van der Waals surface area contributed by atoms with Crippen LogP contribution in [-0.4, -0.2) is 20.9 Å². The van der Waals surface area contributed by atoms with Crippen molar-refractivity contribution < 1.29 is 9.90 Å². The van der Waals surface area contributed by atoms with E-state index in [1.807, 2.05) is 47.3 Å². The molecule has 0 fully saturated rings. The van der Waals surface area contributed by atoms with Gasteiger partial charge >= 0.3 is 5.97 Å². The Kier molecular flexibility index (Phi) is 2.76. The average molecular weight is 252 g/mol. The Hall–Kier alpha value is -2.62. The molecule has 1 heterocycles. The summed E-state index contributed by atoms with van der Waals surface area (Å²) in [6.07, 6.45) is 1.83. The summed E-state index contributed by atoms with van der Waals surface area (Å²) in [7, 11) is 0. The maximum absolute atomic E-state index is 10.8. The van der Waals surface area contributed by atoms with E-state index in [-0.39, 0.29) is 0 Å². The highest BCUT2D eigenvalue weighted by Gasteiger charge is 2.04. The van der Waals surface area contributed by atoms with Gasteiger partial charge in [0.15, 0.2) is 0 Å². The normalized spacial score (nSPS) is 10.7. The quantitative estimate of drug-likeness (QED) is 0.779. The van der Waals surface area contributed by atoms with Crippen LogP contribution in [0.15, 0.2) is 54.7 Å². The van der Waals surface area contributed by atoms with Crippen LogP contribution in [0.2, 0.25) is 0 Å². The van der Waals surface area contributed by atoms with E-state index in [0.717, 1.165) is 16.5 Å². The van der Waals surface area contributed by atoms with Gasteiger partial charge in [0.2, 0.25) is 0 Å². The van der Waals surface area contributed by atoms with Crippen molar-refractivity contribution in [2.24, 2.45) is 0 Å². The lowest BCUT2D eigenvalue weighted by Gasteiger charge is -2.04. The third kappa shape index (κ3) is 2.20. The number of nitrogens with zero attached hydrogens (tertiary/aromatic N) is 2. The van der Waals surface area contributed by atoms with E-state index in [4.69, 9.17) is 5.11 Å². The number of carboxylic acid groups (broad SMARTS) is 1. The standard InChI is InChI=1S/C15H12N2O2/c18-15(19)12-7-5-11(6-8-12)10-17-14-4-2-1-3-13(14)9-16-17/h1-9H,10H2,(H,18,19). The maximum Gasteiger partial charge on any atom is 0.335 e. The van der Waals surface area contributed by atoms with E-state index in [0.29, 0.717) is 12.1 Å². The monoisotopic (exact) mass is 252 g/mol. The molecule has 2 aromatic carbocycles. The fourth-order valence-corrected chi connectivity index (χ4v) is 2.08. The average Bonchev–Trinajstić information content (AvgIpc) is 2.83. The molecular formula is C15H12N2O2. The summed E-state index contributed by atoms with van der Waals surface area (Å²) >= 11 is 0. The van der Waals surface area contributed by atoms with Gasteiger partial charge in [-0.2, -0.15) is 5.10 Å². The molecule has 1 aromatic heterocycles. The van der Waals surface area contributed by atoms with Crippen LogP contribution in [0, 0.1) is 0 Å². The van der Waals surface area contributed by atoms with Gasteiger partial charge in [-0.1, -0.05) is 30.3 Å². The molecule has 3 aromatic rings. The van der Waals surface area contributed by atoms with Gasteiger partial charge in [0.05, 0.1) is 23.8 Å². The van der Waals surface area contributed by atoms with E-state index < -0.39 is 5.97 Å². The molecule has 0 aliphatic heterocycles. The first kappa shape index (κ1) is 11.5. The summed E-state index contributed by atoms with van der Waals surface area (Å²) in [5, 5.41) is 14.3. The van der Waals surface area contributed by atoms with Gasteiger partial charge in [-0.05, 0) is 23.8 Å². The molecule has 94 valence electrons. The summed E-state index contributed by atoms with van der Waals surface area (Å²) in [4.78, 5) is 10.8. The number of hydrogen-bond donors (Lipinski definition) is 1. The largest absolute Gasteiger partial charge is 0.478 e. The summed E-state index contributed by atoms with van der Waals surface area (Å²) in [6.45, 7) is 0.632. The number of carboxylic acids is 1. The number of aromatic nitrogens is 2. The molecule has 4 nitrogen and oxygen atoms in total. The van der Waals surface area contributed by atoms with Gasteiger partial charge in [-0.3, -0.25) is 4.68 Å². The minimum absolute atomic E-state index is 0.300. The lowest BCUT2D eigenvalue weighted by molar-refractivity contribution is 0.0697. The lowest BCUT2D eigenvalue weighted by atomic mass is 10.1. The second-order valence-corrected chi connectivity index (χ2v) is 4.36. The van der Waals surface area contributed by atoms with E-state index in [9.17, 15) is 4.79 Å². The zero-order valence-corrected chi connectivity index (χ0v) is 10.2. The van der Waals surface area contributed by atoms with E-state index >= 15 is 0 Å². The van der Waals surface area contributed by atoms with Crippen molar-refractivity contribution in [2.45, 2.75) is 6.54 Å². The number of para-hydroxylation sites is 1. The van der Waals surface area contributed by atoms with Gasteiger partial charge in [0, 0.05) is 5.39 Å². The number of hydrogen-bond acceptors (Lipinski definition) is 2. The Morgan fingerprint density at radius 1 is 1.11 bits per heavy atom. The van der Waals surface area contributed by atoms with Crippen LogP contribution in [0.3, 0.4) is 0 Å². The Morgan fingerprint density at radius 2 is 1.84 bits per heavy atom. The molecule has 0 saturated carbocycles. The first-order valence-electron chi connectivity index (χ1n) is 5.97. The van der Waals surface area contributed by atoms with Gasteiger partial charge in [-0.25, -0.2) is 4.79 Å². The number of benzene rings is 2. The molecule has 3 rings (SSSR count). The third-order valence-corrected chi connectivity index (χ3v) is 3.08. The Labute approximate surface area is 109 Å². The van der Waals surface area contributed by atoms with Gasteiger partial charge in [0.25, 0.3) is 0 Å². The first-order chi connectivity index (χ1) is 9.24. The molecule has 0 bridgehead atoms. The molecule has 0 spiro atoms. The van der Waals surface area contributed by atoms with E-state index in [2.05, 4.69) is 5.10 Å². The maximum atomic E-state index is 10.8. The van der Waals surface area contributed by atoms with Crippen LogP contribution in [0.4, 0.5) is 0 Å². The topological polar surface area (TPSA) is 55.1 Å². The highest BCUT2D eigenvalue weighted by molar-refractivity contribution is 5.87. The molecule has 0 aliphatic rings. The molecule has 0 atom stereocenters. The van der Waals surface area contributed by atoms with Crippen molar-refractivity contribution in [1.82, 2.24) is 9.78 Å². The van der Waals surface area contributed by atoms with Crippen LogP contribution >= 0.6 is 0 Å². The Bertz CT molecular complexity index is 729. The van der Waals surface area contributed by atoms with Gasteiger partial charge in [-0.15, -0.1) is 0 Å². The predicted molar refractivity (Wildman–Crippen MR) is 72.2 cm³/mol. The predicted octanol–water partition coefficient (Wildman–Crippen LogP) is 2.78. The molecule has 0 aliphatic carbocycles. The number of rotatable bonds is 3. The van der Waals surface area contributed by atoms with Gasteiger partial charge < -0.3 is 5.11 Å². The lowest BCUT2D eigenvalue weighted by Crippen LogP contribution is -2.02. The third-order valence-electron chi connectivity index (χ3n) is 3.08. The molecule has 0 unspecified atom stereocenters. The number of fused-ring (bicyclic) bond motifs is 1. The fraction of sp³-hybridized carbons (Fsp3) is 0.0667. The summed E-state index contributed by atoms with van der Waals surface area (Å²) in [6, 6.07) is 14.9. The van der Waals surface area contributed by atoms with Crippen LogP contribution in [-0.2, 0) is 6.54 Å². The van der Waals surface area contributed by atoms with Crippen molar-refractivity contribution in [1.29, 1.82) is 0 Å². The van der Waals surface area contributed by atoms with Crippen molar-refractivity contribution >= 4 is 16.9 Å². The number of aromatic carboxylic acids is 1. The highest BCUT2D eigenvalue weighted by atomic mass is 16.4. The minimum Gasteiger partial charge on any atom is -0.478 e. The van der Waals surface area contributed by atoms with Crippen molar-refractivity contribution in [2.75, 3.05) is 0 Å². The summed E-state index contributed by atoms with van der Waals surface area (Å²) < 4.78 is 1.91. The molecular weight excluding hydrogens is 240 g/mol. The van der Waals surface area contributed by atoms with Crippen LogP contribution in [0.25, 0.3) is 10.9 Å². The molecule has 1 N–H and O–H groups in total. The smallest absolute Gasteiger partial charge is 0.335 e. The molecule has 0 amide bonds. The fourth-order valence-electron chi connectivity index (χ4n) is 2.08. The molecule has 0 radical (unpaired) electrons. The van der Waals surface area contributed by atoms with E-state index in [1.165, 1.54) is 0 Å². The zero-order chi connectivity index (χ0) is 13.2. The van der Waals surface area contributed by atoms with Crippen LogP contribution in [0.5, 0.6) is 0 Å². The second kappa shape index (κ2) is 4.57. The molecule has 19 heavy (non-hydrogen) atoms. The summed E-state index contributed by atoms with van der Waals surface area (Å²) in [5.41, 5.74) is 2.40. The molecule has 4 heteroatoms. The van der Waals surface area contributed by atoms with Crippen molar-refractivity contribution in [3.63, 3.8) is 0 Å². The van der Waals surface area contributed by atoms with Crippen LogP contribution in [0.1, 0.15) is 15.9 Å². The highest BCUT2D eigenvalue weighted by Crippen LogP contribution is 2.14. The van der Waals surface area contributed by atoms with Crippen molar-refractivity contribution in [3.8, 4) is 0 Å². The zero-order valence-electron chi connectivity index (χ0n) is 10.2. The first-order valence-corrected chi connectivity index (χ1v) is 5.97. The van der Waals surface area contributed by atoms with Crippen LogP contribution < -0.4 is 0 Å². The van der Waals surface area contributed by atoms with Crippen molar-refractivity contribution in [3.05, 3.63) is 65.9 Å².